The number of anilines is 1. The van der Waals surface area contributed by atoms with E-state index in [1.165, 1.54) is 11.3 Å². The number of amides is 1. The van der Waals surface area contributed by atoms with Crippen LogP contribution < -0.4 is 14.8 Å². The number of rotatable bonds is 7. The van der Waals surface area contributed by atoms with Gasteiger partial charge in [0.2, 0.25) is 0 Å². The Morgan fingerprint density at radius 2 is 1.96 bits per heavy atom. The Labute approximate surface area is 160 Å². The highest BCUT2D eigenvalue weighted by molar-refractivity contribution is 7.15. The number of aromatic nitrogens is 1. The molecule has 3 rings (SSSR count). The van der Waals surface area contributed by atoms with E-state index in [0.29, 0.717) is 21.7 Å². The molecule has 0 atom stereocenters. The quantitative estimate of drug-likeness (QED) is 0.651. The van der Waals surface area contributed by atoms with Crippen LogP contribution in [0.3, 0.4) is 0 Å². The van der Waals surface area contributed by atoms with Crippen molar-refractivity contribution in [3.8, 4) is 11.5 Å². The number of methoxy groups -OCH3 is 1. The Morgan fingerprint density at radius 3 is 2.73 bits per heavy atom. The number of carbonyl (C=O) groups excluding carboxylic acids is 1. The van der Waals surface area contributed by atoms with Crippen molar-refractivity contribution in [1.29, 1.82) is 0 Å². The molecule has 26 heavy (non-hydrogen) atoms. The first-order chi connectivity index (χ1) is 12.6. The maximum Gasteiger partial charge on any atom is 0.264 e. The number of halogens is 1. The fourth-order valence-corrected chi connectivity index (χ4v) is 3.23. The maximum atomic E-state index is 12.0. The molecule has 0 aliphatic rings. The largest absolute Gasteiger partial charge is 0.497 e. The second-order valence-electron chi connectivity index (χ2n) is 5.45. The molecule has 0 bridgehead atoms. The van der Waals surface area contributed by atoms with Crippen LogP contribution in [0.2, 0.25) is 5.02 Å². The first-order valence-electron chi connectivity index (χ1n) is 7.88. The van der Waals surface area contributed by atoms with Crippen LogP contribution in [0.15, 0.2) is 54.7 Å². The molecule has 0 radical (unpaired) electrons. The van der Waals surface area contributed by atoms with Crippen LogP contribution in [0.5, 0.6) is 11.5 Å². The predicted octanol–water partition coefficient (Wildman–Crippen LogP) is 4.41. The molecule has 1 N–H and O–H groups in total. The molecular weight excluding hydrogens is 372 g/mol. The van der Waals surface area contributed by atoms with Gasteiger partial charge in [-0.15, -0.1) is 11.3 Å². The van der Waals surface area contributed by atoms with Crippen LogP contribution in [-0.2, 0) is 11.2 Å². The van der Waals surface area contributed by atoms with Gasteiger partial charge in [0, 0.05) is 28.6 Å². The van der Waals surface area contributed by atoms with Gasteiger partial charge in [-0.25, -0.2) is 4.98 Å². The van der Waals surface area contributed by atoms with Crippen LogP contribution in [0.25, 0.3) is 0 Å². The molecule has 0 saturated heterocycles. The summed E-state index contributed by atoms with van der Waals surface area (Å²) in [4.78, 5) is 17.3. The number of nitrogens with one attached hydrogen (secondary N) is 1. The lowest BCUT2D eigenvalue weighted by Crippen LogP contribution is -2.19. The smallest absolute Gasteiger partial charge is 0.264 e. The van der Waals surface area contributed by atoms with E-state index in [2.05, 4.69) is 10.3 Å². The highest BCUT2D eigenvalue weighted by atomic mass is 35.5. The highest BCUT2D eigenvalue weighted by Crippen LogP contribution is 2.22. The molecule has 0 unspecified atom stereocenters. The number of thiazole rings is 1. The van der Waals surface area contributed by atoms with Crippen molar-refractivity contribution in [2.75, 3.05) is 19.0 Å². The fourth-order valence-electron chi connectivity index (χ4n) is 2.25. The maximum absolute atomic E-state index is 12.0. The second kappa shape index (κ2) is 8.69. The van der Waals surface area contributed by atoms with Gasteiger partial charge in [-0.05, 0) is 29.8 Å². The molecule has 134 valence electrons. The molecule has 0 aliphatic heterocycles. The molecule has 1 heterocycles. The van der Waals surface area contributed by atoms with E-state index in [9.17, 15) is 4.79 Å². The third-order valence-corrected chi connectivity index (χ3v) is 4.67. The minimum absolute atomic E-state index is 0.0980. The third-order valence-electron chi connectivity index (χ3n) is 3.50. The summed E-state index contributed by atoms with van der Waals surface area (Å²) in [6, 6.07) is 14.8. The summed E-state index contributed by atoms with van der Waals surface area (Å²) in [5.74, 6) is 0.983. The monoisotopic (exact) mass is 388 g/mol. The number of ether oxygens (including phenoxy) is 2. The van der Waals surface area contributed by atoms with Gasteiger partial charge >= 0.3 is 0 Å². The molecule has 1 amide bonds. The number of hydrogen-bond donors (Lipinski definition) is 1. The van der Waals surface area contributed by atoms with Crippen molar-refractivity contribution in [2.45, 2.75) is 6.42 Å². The van der Waals surface area contributed by atoms with E-state index in [1.807, 2.05) is 30.3 Å². The summed E-state index contributed by atoms with van der Waals surface area (Å²) in [6.45, 7) is -0.0980. The Kier molecular flexibility index (Phi) is 6.09. The van der Waals surface area contributed by atoms with Gasteiger partial charge in [0.05, 0.1) is 7.11 Å². The van der Waals surface area contributed by atoms with Crippen molar-refractivity contribution in [1.82, 2.24) is 4.98 Å². The SMILES string of the molecule is COc1cccc(OCC(=O)Nc2ncc(Cc3ccc(Cl)cc3)s2)c1. The highest BCUT2D eigenvalue weighted by Gasteiger charge is 2.08. The third kappa shape index (κ3) is 5.21. The second-order valence-corrected chi connectivity index (χ2v) is 7.00. The Morgan fingerprint density at radius 1 is 1.19 bits per heavy atom. The van der Waals surface area contributed by atoms with Gasteiger partial charge in [0.15, 0.2) is 11.7 Å². The van der Waals surface area contributed by atoms with E-state index in [1.54, 1.807) is 31.5 Å². The minimum Gasteiger partial charge on any atom is -0.497 e. The molecule has 7 heteroatoms. The molecule has 0 spiro atoms. The fraction of sp³-hybridized carbons (Fsp3) is 0.158. The number of benzene rings is 2. The van der Waals surface area contributed by atoms with E-state index in [-0.39, 0.29) is 12.5 Å². The molecule has 5 nitrogen and oxygen atoms in total. The van der Waals surface area contributed by atoms with Crippen molar-refractivity contribution in [3.05, 3.63) is 70.2 Å². The minimum atomic E-state index is -0.264. The summed E-state index contributed by atoms with van der Waals surface area (Å²) in [6.07, 6.45) is 2.50. The zero-order chi connectivity index (χ0) is 18.4. The zero-order valence-electron chi connectivity index (χ0n) is 14.1. The number of carbonyl (C=O) groups is 1. The average Bonchev–Trinajstić information content (AvgIpc) is 3.09. The van der Waals surface area contributed by atoms with Crippen LogP contribution in [-0.4, -0.2) is 24.6 Å². The van der Waals surface area contributed by atoms with Crippen LogP contribution in [0.4, 0.5) is 5.13 Å². The number of hydrogen-bond acceptors (Lipinski definition) is 5. The van der Waals surface area contributed by atoms with E-state index in [0.717, 1.165) is 16.9 Å². The predicted molar refractivity (Wildman–Crippen MR) is 103 cm³/mol. The van der Waals surface area contributed by atoms with Gasteiger partial charge in [-0.1, -0.05) is 29.8 Å². The average molecular weight is 389 g/mol. The van der Waals surface area contributed by atoms with Crippen LogP contribution in [0, 0.1) is 0 Å². The summed E-state index contributed by atoms with van der Waals surface area (Å²) in [5, 5.41) is 4.01. The standard InChI is InChI=1S/C19H17ClN2O3S/c1-24-15-3-2-4-16(10-15)25-12-18(23)22-19-21-11-17(26-19)9-13-5-7-14(20)8-6-13/h2-8,10-11H,9,12H2,1H3,(H,21,22,23). The van der Waals surface area contributed by atoms with Crippen molar-refractivity contribution < 1.29 is 14.3 Å². The molecular formula is C19H17ClN2O3S. The zero-order valence-corrected chi connectivity index (χ0v) is 15.6. The van der Waals surface area contributed by atoms with Crippen LogP contribution in [0.1, 0.15) is 10.4 Å². The molecule has 0 fully saturated rings. The van der Waals surface area contributed by atoms with Crippen molar-refractivity contribution in [3.63, 3.8) is 0 Å². The van der Waals surface area contributed by atoms with Gasteiger partial charge < -0.3 is 9.47 Å². The normalized spacial score (nSPS) is 10.4. The summed E-state index contributed by atoms with van der Waals surface area (Å²) in [5.41, 5.74) is 1.14. The van der Waals surface area contributed by atoms with Gasteiger partial charge in [0.25, 0.3) is 5.91 Å². The molecule has 1 aromatic heterocycles. The first kappa shape index (κ1) is 18.2. The van der Waals surface area contributed by atoms with Crippen molar-refractivity contribution in [2.24, 2.45) is 0 Å². The lowest BCUT2D eigenvalue weighted by molar-refractivity contribution is -0.118. The van der Waals surface area contributed by atoms with Gasteiger partial charge in [-0.3, -0.25) is 10.1 Å². The first-order valence-corrected chi connectivity index (χ1v) is 9.07. The summed E-state index contributed by atoms with van der Waals surface area (Å²) in [7, 11) is 1.58. The Balaban J connectivity index is 1.51. The Bertz CT molecular complexity index is 881. The lowest BCUT2D eigenvalue weighted by Gasteiger charge is -2.07. The molecule has 0 saturated carbocycles. The van der Waals surface area contributed by atoms with E-state index < -0.39 is 0 Å². The lowest BCUT2D eigenvalue weighted by atomic mass is 10.1. The molecule has 2 aromatic carbocycles. The van der Waals surface area contributed by atoms with E-state index in [4.69, 9.17) is 21.1 Å². The van der Waals surface area contributed by atoms with E-state index >= 15 is 0 Å². The van der Waals surface area contributed by atoms with Gasteiger partial charge in [0.1, 0.15) is 11.5 Å². The summed E-state index contributed by atoms with van der Waals surface area (Å²) >= 11 is 7.33. The molecule has 0 aliphatic carbocycles. The Hall–Kier alpha value is -2.57. The topological polar surface area (TPSA) is 60.5 Å². The van der Waals surface area contributed by atoms with Crippen molar-refractivity contribution >= 4 is 34.0 Å². The van der Waals surface area contributed by atoms with Crippen LogP contribution >= 0.6 is 22.9 Å². The summed E-state index contributed by atoms with van der Waals surface area (Å²) < 4.78 is 10.6. The van der Waals surface area contributed by atoms with Gasteiger partial charge in [-0.2, -0.15) is 0 Å². The molecule has 3 aromatic rings. The number of nitrogens with zero attached hydrogens (tertiary/aromatic N) is 1.